The highest BCUT2D eigenvalue weighted by atomic mass is 16.5. The van der Waals surface area contributed by atoms with Gasteiger partial charge in [0.1, 0.15) is 0 Å². The summed E-state index contributed by atoms with van der Waals surface area (Å²) >= 11 is 0. The van der Waals surface area contributed by atoms with E-state index in [-0.39, 0.29) is 12.1 Å². The number of nitrogens with one attached hydrogen (secondary N) is 2. The minimum absolute atomic E-state index is 0.271. The number of hydrogen-bond donors (Lipinski definition) is 2. The molecule has 0 aromatic heterocycles. The van der Waals surface area contributed by atoms with Crippen LogP contribution in [0.3, 0.4) is 0 Å². The first-order valence-corrected chi connectivity index (χ1v) is 5.58. The van der Waals surface area contributed by atoms with Crippen molar-refractivity contribution in [1.29, 1.82) is 0 Å². The largest absolute Gasteiger partial charge is 0.466 e. The number of fused-ring (bicyclic) bond motifs is 1. The molecule has 1 aliphatic heterocycles. The maximum atomic E-state index is 11.6. The van der Waals surface area contributed by atoms with Gasteiger partial charge in [-0.05, 0) is 18.6 Å². The molecule has 2 rings (SSSR count). The van der Waals surface area contributed by atoms with Crippen LogP contribution in [0, 0.1) is 0 Å². The zero-order valence-corrected chi connectivity index (χ0v) is 10.2. The van der Waals surface area contributed by atoms with Crippen LogP contribution in [0.2, 0.25) is 0 Å². The molecule has 1 aliphatic rings. The second kappa shape index (κ2) is 4.91. The number of urea groups is 1. The lowest BCUT2D eigenvalue weighted by atomic mass is 9.98. The predicted molar refractivity (Wildman–Crippen MR) is 68.1 cm³/mol. The predicted octanol–water partition coefficient (Wildman–Crippen LogP) is 1.77. The zero-order valence-electron chi connectivity index (χ0n) is 10.2. The molecule has 94 valence electrons. The molecular formula is C13H14N2O3. The first kappa shape index (κ1) is 12.2. The number of para-hydroxylation sites is 1. The van der Waals surface area contributed by atoms with Crippen LogP contribution in [0.5, 0.6) is 0 Å². The number of carbonyl (C=O) groups excluding carboxylic acids is 2. The number of rotatable bonds is 1. The fraction of sp³-hybridized carbons (Fsp3) is 0.231. The number of benzene rings is 1. The molecule has 1 heterocycles. The summed E-state index contributed by atoms with van der Waals surface area (Å²) in [7, 11) is 1.32. The van der Waals surface area contributed by atoms with Crippen molar-refractivity contribution in [3.63, 3.8) is 0 Å². The molecule has 0 unspecified atom stereocenters. The number of methoxy groups -OCH3 is 1. The summed E-state index contributed by atoms with van der Waals surface area (Å²) in [5.41, 5.74) is 2.21. The Bertz CT molecular complexity index is 523. The Labute approximate surface area is 105 Å². The van der Waals surface area contributed by atoms with Crippen molar-refractivity contribution in [1.82, 2.24) is 5.32 Å². The van der Waals surface area contributed by atoms with Crippen molar-refractivity contribution < 1.29 is 14.3 Å². The first-order chi connectivity index (χ1) is 8.61. The lowest BCUT2D eigenvalue weighted by Crippen LogP contribution is -2.34. The van der Waals surface area contributed by atoms with E-state index in [9.17, 15) is 9.59 Å². The van der Waals surface area contributed by atoms with Crippen molar-refractivity contribution in [2.75, 3.05) is 12.4 Å². The lowest BCUT2D eigenvalue weighted by Gasteiger charge is -2.13. The molecule has 5 nitrogen and oxygen atoms in total. The number of carbonyl (C=O) groups is 2. The van der Waals surface area contributed by atoms with Crippen LogP contribution in [0.1, 0.15) is 12.5 Å². The van der Waals surface area contributed by atoms with Crippen molar-refractivity contribution in [3.05, 3.63) is 35.9 Å². The van der Waals surface area contributed by atoms with Crippen LogP contribution in [-0.4, -0.2) is 25.2 Å². The summed E-state index contributed by atoms with van der Waals surface area (Å²) in [6, 6.07) is 6.77. The van der Waals surface area contributed by atoms with Gasteiger partial charge in [0.05, 0.1) is 13.2 Å². The second-order valence-electron chi connectivity index (χ2n) is 3.99. The molecule has 0 saturated heterocycles. The average Bonchev–Trinajstić information content (AvgIpc) is 2.46. The molecule has 0 aliphatic carbocycles. The molecule has 1 aromatic rings. The van der Waals surface area contributed by atoms with Crippen LogP contribution >= 0.6 is 0 Å². The molecule has 0 bridgehead atoms. The van der Waals surface area contributed by atoms with E-state index in [1.807, 2.05) is 25.1 Å². The topological polar surface area (TPSA) is 67.4 Å². The Morgan fingerprint density at radius 3 is 2.83 bits per heavy atom. The van der Waals surface area contributed by atoms with E-state index >= 15 is 0 Å². The number of anilines is 1. The Balaban J connectivity index is 2.53. The summed E-state index contributed by atoms with van der Waals surface area (Å²) in [6.07, 6.45) is 1.40. The zero-order chi connectivity index (χ0) is 13.1. The van der Waals surface area contributed by atoms with Crippen molar-refractivity contribution in [2.24, 2.45) is 0 Å². The van der Waals surface area contributed by atoms with Crippen LogP contribution in [0.4, 0.5) is 10.5 Å². The fourth-order valence-corrected chi connectivity index (χ4v) is 1.90. The molecule has 1 atom stereocenters. The molecule has 2 amide bonds. The van der Waals surface area contributed by atoms with Crippen LogP contribution in [-0.2, 0) is 9.53 Å². The van der Waals surface area contributed by atoms with Crippen molar-refractivity contribution >= 4 is 23.3 Å². The molecular weight excluding hydrogens is 232 g/mol. The summed E-state index contributed by atoms with van der Waals surface area (Å²) in [5.74, 6) is -0.442. The molecule has 0 fully saturated rings. The Hall–Kier alpha value is -2.30. The average molecular weight is 246 g/mol. The molecule has 18 heavy (non-hydrogen) atoms. The van der Waals surface area contributed by atoms with E-state index in [0.29, 0.717) is 5.69 Å². The first-order valence-electron chi connectivity index (χ1n) is 5.58. The van der Waals surface area contributed by atoms with E-state index < -0.39 is 5.97 Å². The van der Waals surface area contributed by atoms with E-state index in [0.717, 1.165) is 11.1 Å². The van der Waals surface area contributed by atoms with E-state index in [2.05, 4.69) is 15.4 Å². The SMILES string of the molecule is COC(=O)/C=C1\c2ccccc2NC(=O)N[C@H]1C. The molecule has 0 radical (unpaired) electrons. The maximum Gasteiger partial charge on any atom is 0.330 e. The van der Waals surface area contributed by atoms with E-state index in [4.69, 9.17) is 0 Å². The lowest BCUT2D eigenvalue weighted by molar-refractivity contribution is -0.134. The molecule has 5 heteroatoms. The van der Waals surface area contributed by atoms with Gasteiger partial charge in [-0.3, -0.25) is 0 Å². The number of esters is 1. The number of ether oxygens (including phenoxy) is 1. The van der Waals surface area contributed by atoms with Gasteiger partial charge in [0.2, 0.25) is 0 Å². The van der Waals surface area contributed by atoms with Gasteiger partial charge in [0.25, 0.3) is 0 Å². The Morgan fingerprint density at radius 2 is 2.11 bits per heavy atom. The van der Waals surface area contributed by atoms with Gasteiger partial charge < -0.3 is 15.4 Å². The van der Waals surface area contributed by atoms with Gasteiger partial charge >= 0.3 is 12.0 Å². The van der Waals surface area contributed by atoms with Crippen LogP contribution in [0.25, 0.3) is 5.57 Å². The molecule has 0 spiro atoms. The normalized spacial score (nSPS) is 20.4. The molecule has 0 saturated carbocycles. The highest BCUT2D eigenvalue weighted by Gasteiger charge is 2.22. The highest BCUT2D eigenvalue weighted by molar-refractivity contribution is 6.01. The highest BCUT2D eigenvalue weighted by Crippen LogP contribution is 2.28. The minimum Gasteiger partial charge on any atom is -0.466 e. The van der Waals surface area contributed by atoms with Gasteiger partial charge in [-0.2, -0.15) is 0 Å². The Morgan fingerprint density at radius 1 is 1.39 bits per heavy atom. The van der Waals surface area contributed by atoms with Crippen molar-refractivity contribution in [3.8, 4) is 0 Å². The summed E-state index contributed by atoms with van der Waals surface area (Å²) in [6.45, 7) is 1.82. The monoisotopic (exact) mass is 246 g/mol. The Kier molecular flexibility index (Phi) is 3.32. The smallest absolute Gasteiger partial charge is 0.330 e. The number of hydrogen-bond acceptors (Lipinski definition) is 3. The summed E-state index contributed by atoms with van der Waals surface area (Å²) in [5, 5.41) is 5.47. The van der Waals surface area contributed by atoms with E-state index in [1.165, 1.54) is 13.2 Å². The van der Waals surface area contributed by atoms with Gasteiger partial charge in [-0.25, -0.2) is 9.59 Å². The summed E-state index contributed by atoms with van der Waals surface area (Å²) < 4.78 is 4.64. The standard InChI is InChI=1S/C13H14N2O3/c1-8-10(7-12(16)18-2)9-5-3-4-6-11(9)15-13(17)14-8/h3-8H,1-2H3,(H2,14,15,17)/b10-7-/t8-/m0/s1. The van der Waals surface area contributed by atoms with Gasteiger partial charge in [-0.1, -0.05) is 18.2 Å². The third-order valence-electron chi connectivity index (χ3n) is 2.77. The summed E-state index contributed by atoms with van der Waals surface area (Å²) in [4.78, 5) is 23.0. The number of amides is 2. The minimum atomic E-state index is -0.442. The fourth-order valence-electron chi connectivity index (χ4n) is 1.90. The van der Waals surface area contributed by atoms with Gasteiger partial charge in [0.15, 0.2) is 0 Å². The molecule has 2 N–H and O–H groups in total. The van der Waals surface area contributed by atoms with Crippen LogP contribution in [0.15, 0.2) is 30.3 Å². The van der Waals surface area contributed by atoms with Gasteiger partial charge in [0, 0.05) is 17.3 Å². The van der Waals surface area contributed by atoms with Crippen LogP contribution < -0.4 is 10.6 Å². The van der Waals surface area contributed by atoms with E-state index in [1.54, 1.807) is 6.07 Å². The third kappa shape index (κ3) is 2.34. The second-order valence-corrected chi connectivity index (χ2v) is 3.99. The maximum absolute atomic E-state index is 11.6. The van der Waals surface area contributed by atoms with Crippen molar-refractivity contribution in [2.45, 2.75) is 13.0 Å². The quantitative estimate of drug-likeness (QED) is 0.586. The third-order valence-corrected chi connectivity index (χ3v) is 2.77. The molecule has 1 aromatic carbocycles. The van der Waals surface area contributed by atoms with Gasteiger partial charge in [-0.15, -0.1) is 0 Å².